The topological polar surface area (TPSA) is 92.9 Å². The van der Waals surface area contributed by atoms with Crippen molar-refractivity contribution >= 4 is 17.4 Å². The average Bonchev–Trinajstić information content (AvgIpc) is 3.40. The molecule has 3 aromatic rings. The van der Waals surface area contributed by atoms with Crippen LogP contribution in [0, 0.1) is 0 Å². The number of hydrogen-bond donors (Lipinski definition) is 1. The first-order valence-electron chi connectivity index (χ1n) is 10.6. The summed E-state index contributed by atoms with van der Waals surface area (Å²) in [4.78, 5) is 31.9. The maximum Gasteiger partial charge on any atom is 0.296 e. The number of carbonyl (C=O) groups is 2. The Balaban J connectivity index is 1.88. The third-order valence-corrected chi connectivity index (χ3v) is 5.70. The van der Waals surface area contributed by atoms with Gasteiger partial charge in [0.05, 0.1) is 31.2 Å². The molecule has 1 aliphatic heterocycles. The van der Waals surface area contributed by atoms with Crippen molar-refractivity contribution in [1.82, 2.24) is 9.88 Å². The highest BCUT2D eigenvalue weighted by molar-refractivity contribution is 6.46. The lowest BCUT2D eigenvalue weighted by Gasteiger charge is -2.24. The van der Waals surface area contributed by atoms with E-state index in [1.54, 1.807) is 61.8 Å². The van der Waals surface area contributed by atoms with Gasteiger partial charge in [-0.15, -0.1) is 0 Å². The molecule has 1 aliphatic rings. The fourth-order valence-electron chi connectivity index (χ4n) is 4.06. The second-order valence-corrected chi connectivity index (χ2v) is 8.93. The first-order valence-corrected chi connectivity index (χ1v) is 10.6. The fourth-order valence-corrected chi connectivity index (χ4v) is 4.06. The fraction of sp³-hybridized carbons (Fsp3) is 0.269. The molecular weight excluding hydrogens is 420 g/mol. The lowest BCUT2D eigenvalue weighted by Crippen LogP contribution is -2.29. The number of aliphatic hydroxyl groups excluding tert-OH is 1. The highest BCUT2D eigenvalue weighted by Crippen LogP contribution is 2.41. The normalized spacial score (nSPS) is 18.1. The van der Waals surface area contributed by atoms with Crippen LogP contribution in [0.1, 0.15) is 49.4 Å². The van der Waals surface area contributed by atoms with Crippen LogP contribution in [0.5, 0.6) is 5.75 Å². The summed E-state index contributed by atoms with van der Waals surface area (Å²) in [5, 5.41) is 11.3. The van der Waals surface area contributed by atoms with E-state index in [-0.39, 0.29) is 23.3 Å². The van der Waals surface area contributed by atoms with Crippen molar-refractivity contribution in [2.75, 3.05) is 7.11 Å². The number of benzene rings is 1. The summed E-state index contributed by atoms with van der Waals surface area (Å²) >= 11 is 0. The molecule has 1 unspecified atom stereocenters. The molecule has 7 heteroatoms. The number of furan rings is 1. The number of amides is 1. The first kappa shape index (κ1) is 22.3. The number of aliphatic hydroxyl groups is 1. The molecule has 2 aromatic heterocycles. The van der Waals surface area contributed by atoms with Gasteiger partial charge in [0.1, 0.15) is 23.3 Å². The molecular formula is C26H26N2O5. The van der Waals surface area contributed by atoms with Gasteiger partial charge in [-0.1, -0.05) is 26.8 Å². The van der Waals surface area contributed by atoms with Crippen LogP contribution < -0.4 is 4.74 Å². The summed E-state index contributed by atoms with van der Waals surface area (Å²) in [7, 11) is 1.59. The number of rotatable bonds is 5. The van der Waals surface area contributed by atoms with E-state index in [9.17, 15) is 14.7 Å². The van der Waals surface area contributed by atoms with Crippen LogP contribution in [-0.2, 0) is 21.5 Å². The van der Waals surface area contributed by atoms with Gasteiger partial charge in [0.15, 0.2) is 0 Å². The molecule has 1 N–H and O–H groups in total. The molecule has 0 aliphatic carbocycles. The summed E-state index contributed by atoms with van der Waals surface area (Å²) in [6.45, 7) is 6.17. The van der Waals surface area contributed by atoms with Gasteiger partial charge >= 0.3 is 0 Å². The van der Waals surface area contributed by atoms with Crippen molar-refractivity contribution in [2.45, 2.75) is 38.8 Å². The zero-order valence-corrected chi connectivity index (χ0v) is 19.0. The number of ether oxygens (including phenoxy) is 1. The van der Waals surface area contributed by atoms with Crippen LogP contribution in [-0.4, -0.2) is 33.8 Å². The maximum atomic E-state index is 13.2. The molecule has 0 radical (unpaired) electrons. The first-order chi connectivity index (χ1) is 15.7. The Morgan fingerprint density at radius 3 is 2.55 bits per heavy atom. The summed E-state index contributed by atoms with van der Waals surface area (Å²) in [5.41, 5.74) is 1.50. The summed E-state index contributed by atoms with van der Waals surface area (Å²) in [6, 6.07) is 13.1. The number of Topliss-reactive ketones (excluding diaryl/α,β-unsaturated/α-hetero) is 1. The van der Waals surface area contributed by atoms with E-state index in [0.29, 0.717) is 22.8 Å². The van der Waals surface area contributed by atoms with Gasteiger partial charge in [0.2, 0.25) is 0 Å². The molecule has 0 bridgehead atoms. The van der Waals surface area contributed by atoms with Crippen LogP contribution in [0.25, 0.3) is 5.76 Å². The molecule has 4 rings (SSSR count). The van der Waals surface area contributed by atoms with Gasteiger partial charge in [-0.3, -0.25) is 14.6 Å². The van der Waals surface area contributed by atoms with E-state index in [4.69, 9.17) is 9.15 Å². The van der Waals surface area contributed by atoms with E-state index >= 15 is 0 Å². The van der Waals surface area contributed by atoms with Crippen LogP contribution >= 0.6 is 0 Å². The molecule has 3 heterocycles. The number of ketones is 1. The number of hydrogen-bond acceptors (Lipinski definition) is 6. The van der Waals surface area contributed by atoms with E-state index in [0.717, 1.165) is 5.56 Å². The van der Waals surface area contributed by atoms with Gasteiger partial charge in [0, 0.05) is 17.3 Å². The number of nitrogens with zero attached hydrogens (tertiary/aromatic N) is 2. The minimum Gasteiger partial charge on any atom is -0.507 e. The Morgan fingerprint density at radius 2 is 1.94 bits per heavy atom. The number of aromatic nitrogens is 1. The minimum atomic E-state index is -0.850. The Bertz CT molecular complexity index is 1210. The predicted octanol–water partition coefficient (Wildman–Crippen LogP) is 4.60. The number of pyridine rings is 1. The zero-order valence-electron chi connectivity index (χ0n) is 19.0. The van der Waals surface area contributed by atoms with Crippen LogP contribution in [0.3, 0.4) is 0 Å². The SMILES string of the molecule is COc1ccc(/C(O)=C2/C(=O)C(=O)N(Cc3ccco3)C2c2ccccn2)cc1C(C)(C)C. The number of carbonyl (C=O) groups excluding carboxylic acids is 2. The van der Waals surface area contributed by atoms with Gasteiger partial charge in [-0.05, 0) is 47.9 Å². The molecule has 0 saturated carbocycles. The van der Waals surface area contributed by atoms with Crippen molar-refractivity contribution in [3.63, 3.8) is 0 Å². The predicted molar refractivity (Wildman–Crippen MR) is 122 cm³/mol. The van der Waals surface area contributed by atoms with E-state index in [2.05, 4.69) is 4.98 Å². The van der Waals surface area contributed by atoms with Crippen LogP contribution in [0.4, 0.5) is 0 Å². The number of methoxy groups -OCH3 is 1. The highest BCUT2D eigenvalue weighted by atomic mass is 16.5. The minimum absolute atomic E-state index is 0.00437. The molecule has 1 amide bonds. The third kappa shape index (κ3) is 4.14. The van der Waals surface area contributed by atoms with Gasteiger partial charge in [0.25, 0.3) is 11.7 Å². The van der Waals surface area contributed by atoms with Crippen LogP contribution in [0.15, 0.2) is 71.0 Å². The zero-order chi connectivity index (χ0) is 23.8. The quantitative estimate of drug-likeness (QED) is 0.350. The molecule has 170 valence electrons. The summed E-state index contributed by atoms with van der Waals surface area (Å²) in [6.07, 6.45) is 3.10. The Kier molecular flexibility index (Phi) is 5.80. The van der Waals surface area contributed by atoms with Gasteiger partial charge in [-0.2, -0.15) is 0 Å². The van der Waals surface area contributed by atoms with Crippen molar-refractivity contribution in [3.05, 3.63) is 89.1 Å². The molecule has 7 nitrogen and oxygen atoms in total. The second kappa shape index (κ2) is 8.58. The van der Waals surface area contributed by atoms with E-state index in [1.807, 2.05) is 20.8 Å². The Labute approximate surface area is 192 Å². The van der Waals surface area contributed by atoms with Gasteiger partial charge in [-0.25, -0.2) is 0 Å². The second-order valence-electron chi connectivity index (χ2n) is 8.93. The third-order valence-electron chi connectivity index (χ3n) is 5.70. The van der Waals surface area contributed by atoms with E-state index in [1.165, 1.54) is 11.2 Å². The molecule has 1 atom stereocenters. The molecule has 1 saturated heterocycles. The Morgan fingerprint density at radius 1 is 1.15 bits per heavy atom. The molecule has 0 spiro atoms. The van der Waals surface area contributed by atoms with Crippen molar-refractivity contribution in [1.29, 1.82) is 0 Å². The standard InChI is InChI=1S/C26H26N2O5/c1-26(2,3)18-14-16(10-11-20(18)32-4)23(29)21-22(19-9-5-6-12-27-19)28(25(31)24(21)30)15-17-8-7-13-33-17/h5-14,22,29H,15H2,1-4H3/b23-21-. The van der Waals surface area contributed by atoms with Crippen LogP contribution in [0.2, 0.25) is 0 Å². The highest BCUT2D eigenvalue weighted by Gasteiger charge is 2.47. The van der Waals surface area contributed by atoms with E-state index < -0.39 is 17.7 Å². The Hall–Kier alpha value is -3.87. The molecule has 1 fully saturated rings. The monoisotopic (exact) mass is 446 g/mol. The number of likely N-dealkylation sites (tertiary alicyclic amines) is 1. The average molecular weight is 447 g/mol. The van der Waals surface area contributed by atoms with Gasteiger partial charge < -0.3 is 19.2 Å². The smallest absolute Gasteiger partial charge is 0.296 e. The van der Waals surface area contributed by atoms with Crippen molar-refractivity contribution in [3.8, 4) is 5.75 Å². The lowest BCUT2D eigenvalue weighted by molar-refractivity contribution is -0.140. The summed E-state index contributed by atoms with van der Waals surface area (Å²) in [5.74, 6) is -0.522. The molecule has 33 heavy (non-hydrogen) atoms. The van der Waals surface area contributed by atoms with Crippen molar-refractivity contribution < 1.29 is 23.8 Å². The largest absolute Gasteiger partial charge is 0.507 e. The lowest BCUT2D eigenvalue weighted by atomic mass is 9.84. The summed E-state index contributed by atoms with van der Waals surface area (Å²) < 4.78 is 10.9. The molecule has 1 aromatic carbocycles. The maximum absolute atomic E-state index is 13.2. The van der Waals surface area contributed by atoms with Crippen molar-refractivity contribution in [2.24, 2.45) is 0 Å².